The van der Waals surface area contributed by atoms with Gasteiger partial charge in [0.15, 0.2) is 0 Å². The first-order valence-electron chi connectivity index (χ1n) is 13.1. The molecule has 0 spiro atoms. The Kier molecular flexibility index (Phi) is 24.0. The number of halogens is 2. The summed E-state index contributed by atoms with van der Waals surface area (Å²) >= 11 is 12.3. The SMILES string of the molecule is C[Si](Cl)(Cl)CCCCCCCCCCCCCCCCCCCCCCCCN. The van der Waals surface area contributed by atoms with Crippen molar-refractivity contribution >= 4 is 28.9 Å². The van der Waals surface area contributed by atoms with Crippen LogP contribution in [0.4, 0.5) is 0 Å². The molecule has 176 valence electrons. The lowest BCUT2D eigenvalue weighted by Crippen LogP contribution is -2.11. The Morgan fingerprint density at radius 1 is 0.414 bits per heavy atom. The Hall–Kier alpha value is 0.757. The quantitative estimate of drug-likeness (QED) is 0.0854. The van der Waals surface area contributed by atoms with Crippen LogP contribution in [0.25, 0.3) is 0 Å². The van der Waals surface area contributed by atoms with Crippen molar-refractivity contribution in [3.05, 3.63) is 0 Å². The molecule has 0 aromatic carbocycles. The van der Waals surface area contributed by atoms with Gasteiger partial charge in [0.2, 0.25) is 6.69 Å². The van der Waals surface area contributed by atoms with E-state index in [2.05, 4.69) is 0 Å². The van der Waals surface area contributed by atoms with Crippen molar-refractivity contribution in [2.75, 3.05) is 6.54 Å². The first kappa shape index (κ1) is 29.8. The van der Waals surface area contributed by atoms with Crippen LogP contribution in [0.1, 0.15) is 141 Å². The second-order valence-electron chi connectivity index (χ2n) is 9.39. The second-order valence-corrected chi connectivity index (χ2v) is 17.6. The highest BCUT2D eigenvalue weighted by atomic mass is 35.7. The number of unbranched alkanes of at least 4 members (excludes halogenated alkanes) is 21. The van der Waals surface area contributed by atoms with E-state index in [4.69, 9.17) is 27.9 Å². The second kappa shape index (κ2) is 23.4. The van der Waals surface area contributed by atoms with Gasteiger partial charge in [-0.15, -0.1) is 22.2 Å². The van der Waals surface area contributed by atoms with Gasteiger partial charge in [-0.3, -0.25) is 0 Å². The van der Waals surface area contributed by atoms with E-state index in [1.165, 1.54) is 141 Å². The Morgan fingerprint density at radius 2 is 0.621 bits per heavy atom. The Bertz CT molecular complexity index is 308. The molecule has 0 aromatic rings. The van der Waals surface area contributed by atoms with Gasteiger partial charge in [0, 0.05) is 0 Å². The lowest BCUT2D eigenvalue weighted by Gasteiger charge is -2.09. The van der Waals surface area contributed by atoms with E-state index in [0.29, 0.717) is 0 Å². The summed E-state index contributed by atoms with van der Waals surface area (Å²) in [6.45, 7) is 1.07. The molecule has 0 aliphatic rings. The van der Waals surface area contributed by atoms with Crippen molar-refractivity contribution in [3.8, 4) is 0 Å². The number of hydrogen-bond donors (Lipinski definition) is 1. The smallest absolute Gasteiger partial charge is 0.248 e. The van der Waals surface area contributed by atoms with Crippen molar-refractivity contribution < 1.29 is 0 Å². The minimum atomic E-state index is -1.83. The molecule has 0 bridgehead atoms. The van der Waals surface area contributed by atoms with Crippen molar-refractivity contribution in [1.29, 1.82) is 0 Å². The maximum Gasteiger partial charge on any atom is 0.248 e. The molecule has 29 heavy (non-hydrogen) atoms. The number of nitrogens with two attached hydrogens (primary N) is 1. The monoisotopic (exact) mass is 465 g/mol. The number of hydrogen-bond acceptors (Lipinski definition) is 1. The largest absolute Gasteiger partial charge is 0.330 e. The molecule has 0 fully saturated rings. The maximum absolute atomic E-state index is 6.13. The molecule has 0 saturated heterocycles. The summed E-state index contributed by atoms with van der Waals surface area (Å²) in [5.41, 5.74) is 5.52. The van der Waals surface area contributed by atoms with Gasteiger partial charge in [0.25, 0.3) is 0 Å². The standard InChI is InChI=1S/C25H53Cl2NSi/c1-29(26,27)25-23-21-19-17-15-13-11-9-7-5-3-2-4-6-8-10-12-14-16-18-20-22-24-28/h2-25,28H2,1H3. The van der Waals surface area contributed by atoms with Crippen molar-refractivity contribution in [2.45, 2.75) is 154 Å². The minimum Gasteiger partial charge on any atom is -0.330 e. The van der Waals surface area contributed by atoms with Crippen molar-refractivity contribution in [2.24, 2.45) is 5.73 Å². The molecule has 0 aliphatic carbocycles. The van der Waals surface area contributed by atoms with Crippen LogP contribution in [0.2, 0.25) is 12.6 Å². The highest BCUT2D eigenvalue weighted by Gasteiger charge is 2.19. The zero-order valence-electron chi connectivity index (χ0n) is 19.8. The van der Waals surface area contributed by atoms with Crippen molar-refractivity contribution in [3.63, 3.8) is 0 Å². The van der Waals surface area contributed by atoms with Gasteiger partial charge in [-0.25, -0.2) is 0 Å². The van der Waals surface area contributed by atoms with Gasteiger partial charge in [-0.05, 0) is 25.6 Å². The van der Waals surface area contributed by atoms with E-state index < -0.39 is 6.69 Å². The minimum absolute atomic E-state index is 0.868. The summed E-state index contributed by atoms with van der Waals surface area (Å²) in [7, 11) is 0. The Balaban J connectivity index is 3.02. The van der Waals surface area contributed by atoms with Crippen LogP contribution in [0.5, 0.6) is 0 Å². The molecule has 0 saturated carbocycles. The topological polar surface area (TPSA) is 26.0 Å². The fraction of sp³-hybridized carbons (Fsp3) is 1.00. The van der Waals surface area contributed by atoms with E-state index >= 15 is 0 Å². The Labute approximate surface area is 194 Å². The lowest BCUT2D eigenvalue weighted by molar-refractivity contribution is 0.519. The summed E-state index contributed by atoms with van der Waals surface area (Å²) in [5.74, 6) is 0. The summed E-state index contributed by atoms with van der Waals surface area (Å²) < 4.78 is 0. The van der Waals surface area contributed by atoms with Gasteiger partial charge >= 0.3 is 0 Å². The first-order valence-corrected chi connectivity index (χ1v) is 17.9. The summed E-state index contributed by atoms with van der Waals surface area (Å²) in [6.07, 6.45) is 31.0. The molecule has 0 radical (unpaired) electrons. The van der Waals surface area contributed by atoms with E-state index in [-0.39, 0.29) is 0 Å². The molecule has 0 atom stereocenters. The molecule has 0 aliphatic heterocycles. The van der Waals surface area contributed by atoms with Gasteiger partial charge in [0.05, 0.1) is 0 Å². The van der Waals surface area contributed by atoms with E-state index in [1.807, 2.05) is 6.55 Å². The predicted molar refractivity (Wildman–Crippen MR) is 139 cm³/mol. The highest BCUT2D eigenvalue weighted by Crippen LogP contribution is 2.23. The molecule has 0 unspecified atom stereocenters. The van der Waals surface area contributed by atoms with Crippen LogP contribution in [-0.2, 0) is 0 Å². The first-order chi connectivity index (χ1) is 14.1. The van der Waals surface area contributed by atoms with Gasteiger partial charge in [-0.2, -0.15) is 0 Å². The zero-order chi connectivity index (χ0) is 21.5. The molecule has 2 N–H and O–H groups in total. The van der Waals surface area contributed by atoms with Gasteiger partial charge in [-0.1, -0.05) is 135 Å². The van der Waals surface area contributed by atoms with E-state index in [0.717, 1.165) is 12.6 Å². The van der Waals surface area contributed by atoms with E-state index in [9.17, 15) is 0 Å². The number of rotatable bonds is 24. The molecule has 0 heterocycles. The summed E-state index contributed by atoms with van der Waals surface area (Å²) in [4.78, 5) is 0. The lowest BCUT2D eigenvalue weighted by atomic mass is 10.0. The molecule has 0 aromatic heterocycles. The fourth-order valence-electron chi connectivity index (χ4n) is 4.12. The van der Waals surface area contributed by atoms with Crippen LogP contribution < -0.4 is 5.73 Å². The van der Waals surface area contributed by atoms with E-state index in [1.54, 1.807) is 0 Å². The van der Waals surface area contributed by atoms with Gasteiger partial charge in [0.1, 0.15) is 0 Å². The van der Waals surface area contributed by atoms with Gasteiger partial charge < -0.3 is 5.73 Å². The van der Waals surface area contributed by atoms with Crippen LogP contribution in [0.3, 0.4) is 0 Å². The fourth-order valence-corrected chi connectivity index (χ4v) is 5.79. The molecule has 0 rings (SSSR count). The normalized spacial score (nSPS) is 12.0. The molecule has 4 heteroatoms. The average Bonchev–Trinajstić information content (AvgIpc) is 2.67. The third-order valence-electron chi connectivity index (χ3n) is 6.07. The molecule has 1 nitrogen and oxygen atoms in total. The average molecular weight is 467 g/mol. The molecular formula is C25H53Cl2NSi. The summed E-state index contributed by atoms with van der Waals surface area (Å²) in [5, 5.41) is 0. The van der Waals surface area contributed by atoms with Crippen LogP contribution in [0.15, 0.2) is 0 Å². The predicted octanol–water partition coefficient (Wildman–Crippen LogP) is 10.1. The summed E-state index contributed by atoms with van der Waals surface area (Å²) in [6, 6.07) is 1.06. The van der Waals surface area contributed by atoms with Crippen LogP contribution in [0, 0.1) is 0 Å². The molecule has 0 amide bonds. The maximum atomic E-state index is 6.13. The van der Waals surface area contributed by atoms with Crippen molar-refractivity contribution in [1.82, 2.24) is 0 Å². The Morgan fingerprint density at radius 3 is 0.828 bits per heavy atom. The highest BCUT2D eigenvalue weighted by molar-refractivity contribution is 7.44. The third kappa shape index (κ3) is 28.8. The molecular weight excluding hydrogens is 413 g/mol. The van der Waals surface area contributed by atoms with Crippen LogP contribution in [-0.4, -0.2) is 13.2 Å². The zero-order valence-corrected chi connectivity index (χ0v) is 22.3. The third-order valence-corrected chi connectivity index (χ3v) is 8.44. The van der Waals surface area contributed by atoms with Crippen LogP contribution >= 0.6 is 22.2 Å².